The molecule has 2 heterocycles. The van der Waals surface area contributed by atoms with E-state index < -0.39 is 5.91 Å². The molecule has 4 N–H and O–H groups in total. The van der Waals surface area contributed by atoms with Crippen molar-refractivity contribution in [1.29, 1.82) is 0 Å². The van der Waals surface area contributed by atoms with E-state index in [4.69, 9.17) is 5.73 Å². The Kier molecular flexibility index (Phi) is 7.95. The maximum absolute atomic E-state index is 12.8. The Morgan fingerprint density at radius 3 is 2.53 bits per heavy atom. The number of benzene rings is 3. The van der Waals surface area contributed by atoms with Crippen molar-refractivity contribution in [2.75, 3.05) is 30.3 Å². The number of nitrogens with one attached hydrogen (secondary N) is 2. The van der Waals surface area contributed by atoms with Crippen molar-refractivity contribution < 1.29 is 9.59 Å². The molecular formula is C29H29BrN6O2. The maximum Gasteiger partial charge on any atom is 0.255 e. The Balaban J connectivity index is 1.43. The van der Waals surface area contributed by atoms with Crippen LogP contribution in [0.15, 0.2) is 77.5 Å². The van der Waals surface area contributed by atoms with Gasteiger partial charge in [-0.1, -0.05) is 34.1 Å². The predicted molar refractivity (Wildman–Crippen MR) is 153 cm³/mol. The SMILES string of the molecule is NC(=O)c1cccc2c(NC(CCN3CCCC3)c3cccc(NC(=O)c4ccc(Br)cc4)c3)ncnc12. The highest BCUT2D eigenvalue weighted by Gasteiger charge is 2.19. The van der Waals surface area contributed by atoms with Gasteiger partial charge >= 0.3 is 0 Å². The lowest BCUT2D eigenvalue weighted by Gasteiger charge is -2.24. The first kappa shape index (κ1) is 25.8. The van der Waals surface area contributed by atoms with Crippen molar-refractivity contribution in [3.8, 4) is 0 Å². The van der Waals surface area contributed by atoms with Gasteiger partial charge in [-0.15, -0.1) is 0 Å². The van der Waals surface area contributed by atoms with Crippen molar-refractivity contribution in [3.63, 3.8) is 0 Å². The van der Waals surface area contributed by atoms with Crippen LogP contribution in [0.5, 0.6) is 0 Å². The molecule has 0 spiro atoms. The van der Waals surface area contributed by atoms with E-state index in [0.29, 0.717) is 28.1 Å². The average molecular weight is 573 g/mol. The summed E-state index contributed by atoms with van der Waals surface area (Å²) in [6.45, 7) is 3.14. The van der Waals surface area contributed by atoms with Gasteiger partial charge in [-0.25, -0.2) is 9.97 Å². The quantitative estimate of drug-likeness (QED) is 0.248. The number of likely N-dealkylation sites (tertiary alicyclic amines) is 1. The zero-order chi connectivity index (χ0) is 26.5. The summed E-state index contributed by atoms with van der Waals surface area (Å²) in [5, 5.41) is 7.34. The fourth-order valence-electron chi connectivity index (χ4n) is 4.84. The number of nitrogens with zero attached hydrogens (tertiary/aromatic N) is 3. The Hall–Kier alpha value is -3.82. The molecule has 1 aliphatic heterocycles. The van der Waals surface area contributed by atoms with Crippen LogP contribution >= 0.6 is 15.9 Å². The van der Waals surface area contributed by atoms with Crippen molar-refractivity contribution >= 4 is 50.2 Å². The summed E-state index contributed by atoms with van der Waals surface area (Å²) in [5.74, 6) is -0.0640. The number of aromatic nitrogens is 2. The molecule has 0 saturated carbocycles. The standard InChI is InChI=1S/C29H29BrN6O2/c30-21-11-9-19(10-12-21)29(38)34-22-6-3-5-20(17-22)25(13-16-36-14-1-2-15-36)35-28-24-8-4-7-23(27(31)37)26(24)32-18-33-28/h3-12,17-18,25H,1-2,13-16H2,(H2,31,37)(H,34,38)(H,32,33,35). The van der Waals surface area contributed by atoms with Crippen molar-refractivity contribution in [2.24, 2.45) is 5.73 Å². The molecule has 8 nitrogen and oxygen atoms in total. The average Bonchev–Trinajstić information content (AvgIpc) is 3.45. The van der Waals surface area contributed by atoms with Gasteiger partial charge in [0.05, 0.1) is 17.1 Å². The molecule has 194 valence electrons. The minimum absolute atomic E-state index is 0.0875. The Labute approximate surface area is 229 Å². The molecule has 1 aliphatic rings. The summed E-state index contributed by atoms with van der Waals surface area (Å²) >= 11 is 3.40. The third kappa shape index (κ3) is 6.00. The summed E-state index contributed by atoms with van der Waals surface area (Å²) in [7, 11) is 0. The smallest absolute Gasteiger partial charge is 0.255 e. The molecule has 1 unspecified atom stereocenters. The zero-order valence-corrected chi connectivity index (χ0v) is 22.4. The number of primary amides is 1. The monoisotopic (exact) mass is 572 g/mol. The largest absolute Gasteiger partial charge is 0.366 e. The number of hydrogen-bond donors (Lipinski definition) is 3. The molecule has 0 aliphatic carbocycles. The van der Waals surface area contributed by atoms with Crippen LogP contribution < -0.4 is 16.4 Å². The Bertz CT molecular complexity index is 1450. The fourth-order valence-corrected chi connectivity index (χ4v) is 5.11. The van der Waals surface area contributed by atoms with E-state index in [-0.39, 0.29) is 11.9 Å². The summed E-state index contributed by atoms with van der Waals surface area (Å²) in [5.41, 5.74) is 8.79. The molecule has 5 rings (SSSR count). The summed E-state index contributed by atoms with van der Waals surface area (Å²) < 4.78 is 0.920. The topological polar surface area (TPSA) is 113 Å². The minimum atomic E-state index is -0.528. The number of nitrogens with two attached hydrogens (primary N) is 1. The van der Waals surface area contributed by atoms with Crippen LogP contribution in [0, 0.1) is 0 Å². The zero-order valence-electron chi connectivity index (χ0n) is 20.9. The highest BCUT2D eigenvalue weighted by atomic mass is 79.9. The summed E-state index contributed by atoms with van der Waals surface area (Å²) in [6.07, 6.45) is 4.73. The second-order valence-corrected chi connectivity index (χ2v) is 10.3. The van der Waals surface area contributed by atoms with Crippen LogP contribution in [-0.4, -0.2) is 46.3 Å². The van der Waals surface area contributed by atoms with Crippen LogP contribution in [0.2, 0.25) is 0 Å². The Morgan fingerprint density at radius 1 is 1.00 bits per heavy atom. The lowest BCUT2D eigenvalue weighted by atomic mass is 10.0. The molecule has 2 amide bonds. The van der Waals surface area contributed by atoms with Gasteiger partial charge in [-0.05, 0) is 86.4 Å². The van der Waals surface area contributed by atoms with E-state index in [1.807, 2.05) is 36.4 Å². The van der Waals surface area contributed by atoms with Gasteiger partial charge in [-0.3, -0.25) is 9.59 Å². The van der Waals surface area contributed by atoms with Crippen LogP contribution in [0.1, 0.15) is 51.6 Å². The predicted octanol–water partition coefficient (Wildman–Crippen LogP) is 5.38. The van der Waals surface area contributed by atoms with Crippen LogP contribution in [0.25, 0.3) is 10.9 Å². The van der Waals surface area contributed by atoms with Crippen molar-refractivity contribution in [3.05, 3.63) is 94.2 Å². The second kappa shape index (κ2) is 11.7. The van der Waals surface area contributed by atoms with E-state index in [2.05, 4.69) is 47.5 Å². The lowest BCUT2D eigenvalue weighted by Crippen LogP contribution is -2.24. The van der Waals surface area contributed by atoms with Gasteiger partial charge in [0.25, 0.3) is 11.8 Å². The van der Waals surface area contributed by atoms with Gasteiger partial charge < -0.3 is 21.3 Å². The summed E-state index contributed by atoms with van der Waals surface area (Å²) in [6, 6.07) is 20.4. The molecule has 1 aromatic heterocycles. The van der Waals surface area contributed by atoms with E-state index in [9.17, 15) is 9.59 Å². The van der Waals surface area contributed by atoms with Gasteiger partial charge in [0.1, 0.15) is 12.1 Å². The van der Waals surface area contributed by atoms with E-state index >= 15 is 0 Å². The van der Waals surface area contributed by atoms with Gasteiger partial charge in [0.15, 0.2) is 0 Å². The van der Waals surface area contributed by atoms with E-state index in [0.717, 1.165) is 41.5 Å². The first-order valence-corrected chi connectivity index (χ1v) is 13.5. The number of fused-ring (bicyclic) bond motifs is 1. The number of carbonyl (C=O) groups excluding carboxylic acids is 2. The normalized spacial score (nSPS) is 14.3. The number of anilines is 2. The van der Waals surface area contributed by atoms with Crippen LogP contribution in [0.4, 0.5) is 11.5 Å². The number of rotatable bonds is 9. The minimum Gasteiger partial charge on any atom is -0.366 e. The molecule has 3 aromatic carbocycles. The fraction of sp³-hybridized carbons (Fsp3) is 0.241. The number of hydrogen-bond acceptors (Lipinski definition) is 6. The van der Waals surface area contributed by atoms with Gasteiger partial charge in [-0.2, -0.15) is 0 Å². The van der Waals surface area contributed by atoms with Crippen LogP contribution in [0.3, 0.4) is 0 Å². The third-order valence-corrected chi connectivity index (χ3v) is 7.36. The summed E-state index contributed by atoms with van der Waals surface area (Å²) in [4.78, 5) is 36.1. The molecular weight excluding hydrogens is 544 g/mol. The molecule has 38 heavy (non-hydrogen) atoms. The highest BCUT2D eigenvalue weighted by molar-refractivity contribution is 9.10. The molecule has 1 atom stereocenters. The van der Waals surface area contributed by atoms with E-state index in [1.165, 1.54) is 19.2 Å². The number of amides is 2. The maximum atomic E-state index is 12.8. The molecule has 1 saturated heterocycles. The molecule has 0 radical (unpaired) electrons. The van der Waals surface area contributed by atoms with Crippen LogP contribution in [-0.2, 0) is 0 Å². The number of halogens is 1. The van der Waals surface area contributed by atoms with Gasteiger partial charge in [0, 0.05) is 27.7 Å². The lowest BCUT2D eigenvalue weighted by molar-refractivity contribution is 0.0998. The first-order chi connectivity index (χ1) is 18.5. The first-order valence-electron chi connectivity index (χ1n) is 12.7. The van der Waals surface area contributed by atoms with Crippen molar-refractivity contribution in [2.45, 2.75) is 25.3 Å². The van der Waals surface area contributed by atoms with E-state index in [1.54, 1.807) is 24.3 Å². The number of para-hydroxylation sites is 1. The third-order valence-electron chi connectivity index (χ3n) is 6.83. The molecule has 0 bridgehead atoms. The Morgan fingerprint density at radius 2 is 1.76 bits per heavy atom. The number of carbonyl (C=O) groups is 2. The second-order valence-electron chi connectivity index (χ2n) is 9.41. The molecule has 4 aromatic rings. The van der Waals surface area contributed by atoms with Gasteiger partial charge in [0.2, 0.25) is 0 Å². The van der Waals surface area contributed by atoms with Crippen molar-refractivity contribution in [1.82, 2.24) is 14.9 Å². The highest BCUT2D eigenvalue weighted by Crippen LogP contribution is 2.29. The molecule has 1 fully saturated rings. The molecule has 9 heteroatoms.